The molecule has 0 N–H and O–H groups in total. The van der Waals surface area contributed by atoms with Crippen LogP contribution >= 0.6 is 0 Å². The predicted molar refractivity (Wildman–Crippen MR) is 99.9 cm³/mol. The monoisotopic (exact) mass is 404 g/mol. The van der Waals surface area contributed by atoms with E-state index in [0.717, 1.165) is 50.7 Å². The van der Waals surface area contributed by atoms with Crippen LogP contribution < -0.4 is 0 Å². The van der Waals surface area contributed by atoms with Gasteiger partial charge in [0, 0.05) is 5.92 Å². The van der Waals surface area contributed by atoms with Gasteiger partial charge in [-0.2, -0.15) is 13.2 Å². The smallest absolute Gasteiger partial charge is 0.374 e. The predicted octanol–water partition coefficient (Wildman–Crippen LogP) is 6.70. The summed E-state index contributed by atoms with van der Waals surface area (Å²) in [6.45, 7) is 5.56. The number of hydrogen-bond donors (Lipinski definition) is 0. The van der Waals surface area contributed by atoms with Gasteiger partial charge >= 0.3 is 6.18 Å². The third kappa shape index (κ3) is 6.62. The lowest BCUT2D eigenvalue weighted by Crippen LogP contribution is -2.31. The summed E-state index contributed by atoms with van der Waals surface area (Å²) in [4.78, 5) is 0. The Bertz CT molecular complexity index is 642. The molecule has 0 saturated heterocycles. The molecule has 28 heavy (non-hydrogen) atoms. The SMILES string of the molecule is CCCC(C)C1CCC(OCC2=CC(C)(F)C(C#CC(F)(F)F)C(F)=C2)CC1. The van der Waals surface area contributed by atoms with Crippen molar-refractivity contribution in [2.75, 3.05) is 6.61 Å². The highest BCUT2D eigenvalue weighted by atomic mass is 19.4. The highest BCUT2D eigenvalue weighted by Gasteiger charge is 2.39. The maximum absolute atomic E-state index is 14.7. The molecule has 3 atom stereocenters. The molecular formula is C22H29F5O. The maximum atomic E-state index is 14.7. The molecule has 0 spiro atoms. The van der Waals surface area contributed by atoms with Gasteiger partial charge in [-0.1, -0.05) is 32.6 Å². The third-order valence-electron chi connectivity index (χ3n) is 5.74. The quantitative estimate of drug-likeness (QED) is 0.353. The molecule has 0 heterocycles. The number of ether oxygens (including phenoxy) is 1. The Morgan fingerprint density at radius 3 is 2.43 bits per heavy atom. The number of allylic oxidation sites excluding steroid dienone is 2. The van der Waals surface area contributed by atoms with Crippen LogP contribution in [-0.4, -0.2) is 24.6 Å². The minimum Gasteiger partial charge on any atom is -0.374 e. The van der Waals surface area contributed by atoms with Crippen LogP contribution in [0.2, 0.25) is 0 Å². The van der Waals surface area contributed by atoms with Crippen LogP contribution in [0.4, 0.5) is 22.0 Å². The maximum Gasteiger partial charge on any atom is 0.457 e. The van der Waals surface area contributed by atoms with Gasteiger partial charge in [0.1, 0.15) is 17.4 Å². The summed E-state index contributed by atoms with van der Waals surface area (Å²) in [5.41, 5.74) is -2.02. The molecule has 158 valence electrons. The first kappa shape index (κ1) is 22.9. The Morgan fingerprint density at radius 1 is 1.25 bits per heavy atom. The standard InChI is InChI=1S/C22H29F5O/c1-4-5-15(2)17-6-8-18(9-7-17)28-14-16-12-20(23)19(21(3,24)13-16)10-11-22(25,26)27/h12-13,15,17-19H,4-9,14H2,1-3H3. The molecule has 0 aliphatic heterocycles. The van der Waals surface area contributed by atoms with Crippen LogP contribution in [0.25, 0.3) is 0 Å². The van der Waals surface area contributed by atoms with Crippen LogP contribution in [0, 0.1) is 29.6 Å². The van der Waals surface area contributed by atoms with E-state index < -0.39 is 23.6 Å². The van der Waals surface area contributed by atoms with E-state index in [0.29, 0.717) is 17.4 Å². The van der Waals surface area contributed by atoms with E-state index >= 15 is 0 Å². The largest absolute Gasteiger partial charge is 0.457 e. The van der Waals surface area contributed by atoms with Crippen molar-refractivity contribution in [1.29, 1.82) is 0 Å². The lowest BCUT2D eigenvalue weighted by atomic mass is 9.78. The van der Waals surface area contributed by atoms with Crippen LogP contribution in [0.1, 0.15) is 59.3 Å². The van der Waals surface area contributed by atoms with Gasteiger partial charge in [-0.15, -0.1) is 0 Å². The average Bonchev–Trinajstić information content (AvgIpc) is 2.58. The minimum atomic E-state index is -4.78. The van der Waals surface area contributed by atoms with Gasteiger partial charge < -0.3 is 4.74 Å². The van der Waals surface area contributed by atoms with Gasteiger partial charge in [0.15, 0.2) is 0 Å². The molecule has 2 aliphatic carbocycles. The van der Waals surface area contributed by atoms with E-state index in [-0.39, 0.29) is 12.7 Å². The van der Waals surface area contributed by atoms with Crippen molar-refractivity contribution in [3.8, 4) is 11.8 Å². The van der Waals surface area contributed by atoms with Gasteiger partial charge in [0.2, 0.25) is 0 Å². The van der Waals surface area contributed by atoms with E-state index in [1.54, 1.807) is 5.92 Å². The second-order valence-electron chi connectivity index (χ2n) is 8.21. The molecule has 2 rings (SSSR count). The first-order valence-electron chi connectivity index (χ1n) is 10.0. The second kappa shape index (κ2) is 9.43. The Morgan fingerprint density at radius 2 is 1.89 bits per heavy atom. The molecule has 0 amide bonds. The highest BCUT2D eigenvalue weighted by molar-refractivity contribution is 5.38. The third-order valence-corrected chi connectivity index (χ3v) is 5.74. The van der Waals surface area contributed by atoms with Crippen LogP contribution in [-0.2, 0) is 4.74 Å². The number of halogens is 5. The molecule has 0 aromatic rings. The van der Waals surface area contributed by atoms with Crippen LogP contribution in [0.15, 0.2) is 23.6 Å². The summed E-state index contributed by atoms with van der Waals surface area (Å²) in [5, 5.41) is 0. The summed E-state index contributed by atoms with van der Waals surface area (Å²) in [7, 11) is 0. The first-order chi connectivity index (χ1) is 13.0. The number of alkyl halides is 4. The fourth-order valence-electron chi connectivity index (χ4n) is 4.19. The van der Waals surface area contributed by atoms with Crippen LogP contribution in [0.5, 0.6) is 0 Å². The zero-order valence-corrected chi connectivity index (χ0v) is 16.7. The van der Waals surface area contributed by atoms with E-state index in [9.17, 15) is 22.0 Å². The summed E-state index contributed by atoms with van der Waals surface area (Å²) in [6, 6.07) is 0. The van der Waals surface area contributed by atoms with Crippen molar-refractivity contribution in [2.24, 2.45) is 17.8 Å². The summed E-state index contributed by atoms with van der Waals surface area (Å²) >= 11 is 0. The first-order valence-corrected chi connectivity index (χ1v) is 10.0. The van der Waals surface area contributed by atoms with Crippen molar-refractivity contribution in [1.82, 2.24) is 0 Å². The molecule has 3 unspecified atom stereocenters. The Hall–Kier alpha value is -1.35. The molecule has 0 bridgehead atoms. The van der Waals surface area contributed by atoms with Gasteiger partial charge in [-0.05, 0) is 62.2 Å². The molecule has 6 heteroatoms. The molecular weight excluding hydrogens is 375 g/mol. The summed E-state index contributed by atoms with van der Waals surface area (Å²) in [6.07, 6.45) is 3.87. The fourth-order valence-corrected chi connectivity index (χ4v) is 4.19. The topological polar surface area (TPSA) is 9.23 Å². The Labute approximate surface area is 164 Å². The normalized spacial score (nSPS) is 32.1. The fraction of sp³-hybridized carbons (Fsp3) is 0.727. The lowest BCUT2D eigenvalue weighted by Gasteiger charge is -2.33. The second-order valence-corrected chi connectivity index (χ2v) is 8.21. The Kier molecular flexibility index (Phi) is 7.73. The molecule has 0 radical (unpaired) electrons. The number of hydrogen-bond acceptors (Lipinski definition) is 1. The molecule has 0 aromatic carbocycles. The number of rotatable bonds is 6. The van der Waals surface area contributed by atoms with E-state index in [1.807, 2.05) is 0 Å². The van der Waals surface area contributed by atoms with Gasteiger partial charge in [-0.3, -0.25) is 0 Å². The van der Waals surface area contributed by atoms with Gasteiger partial charge in [0.25, 0.3) is 0 Å². The van der Waals surface area contributed by atoms with E-state index in [2.05, 4.69) is 13.8 Å². The van der Waals surface area contributed by atoms with Crippen molar-refractivity contribution >= 4 is 0 Å². The van der Waals surface area contributed by atoms with Crippen molar-refractivity contribution in [2.45, 2.75) is 77.2 Å². The van der Waals surface area contributed by atoms with Crippen LogP contribution in [0.3, 0.4) is 0 Å². The Balaban J connectivity index is 1.90. The molecule has 1 fully saturated rings. The van der Waals surface area contributed by atoms with E-state index in [4.69, 9.17) is 4.74 Å². The van der Waals surface area contributed by atoms with Gasteiger partial charge in [-0.25, -0.2) is 8.78 Å². The van der Waals surface area contributed by atoms with Crippen molar-refractivity contribution < 1.29 is 26.7 Å². The van der Waals surface area contributed by atoms with E-state index in [1.165, 1.54) is 12.8 Å². The average molecular weight is 404 g/mol. The lowest BCUT2D eigenvalue weighted by molar-refractivity contribution is -0.0699. The summed E-state index contributed by atoms with van der Waals surface area (Å²) < 4.78 is 71.5. The molecule has 1 nitrogen and oxygen atoms in total. The summed E-state index contributed by atoms with van der Waals surface area (Å²) in [5.74, 6) is 1.29. The molecule has 0 aromatic heterocycles. The van der Waals surface area contributed by atoms with Gasteiger partial charge in [0.05, 0.1) is 12.7 Å². The van der Waals surface area contributed by atoms with Crippen molar-refractivity contribution in [3.63, 3.8) is 0 Å². The highest BCUT2D eigenvalue weighted by Crippen LogP contribution is 2.37. The molecule has 2 aliphatic rings. The molecule has 1 saturated carbocycles. The zero-order chi connectivity index (χ0) is 20.9. The minimum absolute atomic E-state index is 0.0478. The zero-order valence-electron chi connectivity index (χ0n) is 16.7. The van der Waals surface area contributed by atoms with Crippen molar-refractivity contribution in [3.05, 3.63) is 23.6 Å².